The van der Waals surface area contributed by atoms with Crippen LogP contribution in [0.3, 0.4) is 0 Å². The van der Waals surface area contributed by atoms with Crippen molar-refractivity contribution >= 4 is 0 Å². The van der Waals surface area contributed by atoms with Crippen molar-refractivity contribution in [3.63, 3.8) is 0 Å². The van der Waals surface area contributed by atoms with E-state index >= 15 is 0 Å². The van der Waals surface area contributed by atoms with Crippen LogP contribution in [0.4, 0.5) is 0 Å². The SMILES string of the molecule is CC1CCCC(CNC(C)c2cnn(C)c2)(N(C)C)C1. The molecule has 3 atom stereocenters. The summed E-state index contributed by atoms with van der Waals surface area (Å²) in [5, 5.41) is 7.99. The number of nitrogens with one attached hydrogen (secondary N) is 1. The van der Waals surface area contributed by atoms with Gasteiger partial charge in [0.2, 0.25) is 0 Å². The summed E-state index contributed by atoms with van der Waals surface area (Å²) < 4.78 is 1.87. The van der Waals surface area contributed by atoms with E-state index in [9.17, 15) is 0 Å². The molecule has 4 nitrogen and oxygen atoms in total. The number of hydrogen-bond acceptors (Lipinski definition) is 3. The molecule has 0 saturated heterocycles. The zero-order valence-electron chi connectivity index (χ0n) is 13.7. The predicted octanol–water partition coefficient (Wildman–Crippen LogP) is 2.58. The minimum absolute atomic E-state index is 0.314. The Morgan fingerprint density at radius 1 is 1.55 bits per heavy atom. The highest BCUT2D eigenvalue weighted by molar-refractivity contribution is 5.09. The van der Waals surface area contributed by atoms with Crippen LogP contribution >= 0.6 is 0 Å². The van der Waals surface area contributed by atoms with E-state index in [4.69, 9.17) is 0 Å². The molecule has 1 aromatic heterocycles. The largest absolute Gasteiger partial charge is 0.308 e. The molecule has 0 aliphatic heterocycles. The predicted molar refractivity (Wildman–Crippen MR) is 83.7 cm³/mol. The molecule has 2 rings (SSSR count). The molecule has 0 spiro atoms. The molecular weight excluding hydrogens is 248 g/mol. The second-order valence-electron chi connectivity index (χ2n) is 6.87. The third-order valence-electron chi connectivity index (χ3n) is 4.98. The molecule has 0 radical (unpaired) electrons. The van der Waals surface area contributed by atoms with Crippen LogP contribution in [0.1, 0.15) is 51.1 Å². The van der Waals surface area contributed by atoms with Gasteiger partial charge in [-0.3, -0.25) is 4.68 Å². The molecule has 0 amide bonds. The molecule has 3 unspecified atom stereocenters. The number of likely N-dealkylation sites (N-methyl/N-ethyl adjacent to an activating group) is 1. The maximum Gasteiger partial charge on any atom is 0.0537 e. The molecule has 114 valence electrons. The van der Waals surface area contributed by atoms with Crippen LogP contribution in [0.5, 0.6) is 0 Å². The summed E-state index contributed by atoms with van der Waals surface area (Å²) in [6, 6.07) is 0.359. The highest BCUT2D eigenvalue weighted by Gasteiger charge is 2.36. The van der Waals surface area contributed by atoms with Gasteiger partial charge in [0, 0.05) is 36.9 Å². The topological polar surface area (TPSA) is 33.1 Å². The van der Waals surface area contributed by atoms with E-state index in [2.05, 4.69) is 49.5 Å². The maximum atomic E-state index is 4.26. The minimum Gasteiger partial charge on any atom is -0.308 e. The Balaban J connectivity index is 1.98. The lowest BCUT2D eigenvalue weighted by Gasteiger charge is -2.46. The van der Waals surface area contributed by atoms with E-state index in [1.807, 2.05) is 17.9 Å². The highest BCUT2D eigenvalue weighted by atomic mass is 15.2. The van der Waals surface area contributed by atoms with E-state index in [0.29, 0.717) is 11.6 Å². The second kappa shape index (κ2) is 6.27. The lowest BCUT2D eigenvalue weighted by Crippen LogP contribution is -2.54. The van der Waals surface area contributed by atoms with Gasteiger partial charge in [0.05, 0.1) is 6.20 Å². The van der Waals surface area contributed by atoms with Gasteiger partial charge in [-0.2, -0.15) is 5.10 Å². The summed E-state index contributed by atoms with van der Waals surface area (Å²) in [7, 11) is 6.43. The fraction of sp³-hybridized carbons (Fsp3) is 0.812. The maximum absolute atomic E-state index is 4.26. The van der Waals surface area contributed by atoms with Crippen molar-refractivity contribution in [1.29, 1.82) is 0 Å². The Hall–Kier alpha value is -0.870. The van der Waals surface area contributed by atoms with Crippen molar-refractivity contribution in [2.45, 2.75) is 51.1 Å². The molecule has 1 fully saturated rings. The fourth-order valence-electron chi connectivity index (χ4n) is 3.48. The van der Waals surface area contributed by atoms with Gasteiger partial charge in [0.1, 0.15) is 0 Å². The Bertz CT molecular complexity index is 426. The van der Waals surface area contributed by atoms with Gasteiger partial charge in [-0.25, -0.2) is 0 Å². The first-order valence-corrected chi connectivity index (χ1v) is 7.82. The molecule has 1 heterocycles. The quantitative estimate of drug-likeness (QED) is 0.898. The van der Waals surface area contributed by atoms with Crippen molar-refractivity contribution in [2.75, 3.05) is 20.6 Å². The minimum atomic E-state index is 0.314. The van der Waals surface area contributed by atoms with Crippen molar-refractivity contribution in [3.05, 3.63) is 18.0 Å². The number of aromatic nitrogens is 2. The van der Waals surface area contributed by atoms with Gasteiger partial charge >= 0.3 is 0 Å². The van der Waals surface area contributed by atoms with Gasteiger partial charge in [-0.15, -0.1) is 0 Å². The Morgan fingerprint density at radius 3 is 2.85 bits per heavy atom. The molecule has 0 bridgehead atoms. The van der Waals surface area contributed by atoms with Crippen LogP contribution in [0, 0.1) is 5.92 Å². The van der Waals surface area contributed by atoms with Gasteiger partial charge in [0.15, 0.2) is 0 Å². The molecule has 0 aromatic carbocycles. The van der Waals surface area contributed by atoms with Crippen LogP contribution in [-0.4, -0.2) is 40.9 Å². The first-order chi connectivity index (χ1) is 9.43. The molecule has 1 aliphatic carbocycles. The van der Waals surface area contributed by atoms with E-state index in [-0.39, 0.29) is 0 Å². The smallest absolute Gasteiger partial charge is 0.0537 e. The van der Waals surface area contributed by atoms with E-state index < -0.39 is 0 Å². The molecule has 1 saturated carbocycles. The van der Waals surface area contributed by atoms with E-state index in [1.54, 1.807) is 0 Å². The Kier molecular flexibility index (Phi) is 4.86. The third-order valence-corrected chi connectivity index (χ3v) is 4.98. The van der Waals surface area contributed by atoms with Gasteiger partial charge < -0.3 is 10.2 Å². The Morgan fingerprint density at radius 2 is 2.30 bits per heavy atom. The lowest BCUT2D eigenvalue weighted by molar-refractivity contribution is 0.0728. The van der Waals surface area contributed by atoms with Gasteiger partial charge in [0.25, 0.3) is 0 Å². The van der Waals surface area contributed by atoms with Crippen molar-refractivity contribution < 1.29 is 0 Å². The first-order valence-electron chi connectivity index (χ1n) is 7.82. The monoisotopic (exact) mass is 278 g/mol. The summed E-state index contributed by atoms with van der Waals surface area (Å²) in [6.07, 6.45) is 9.40. The molecular formula is C16H30N4. The van der Waals surface area contributed by atoms with Crippen molar-refractivity contribution in [1.82, 2.24) is 20.0 Å². The summed E-state index contributed by atoms with van der Waals surface area (Å²) in [6.45, 7) is 5.68. The van der Waals surface area contributed by atoms with E-state index in [0.717, 1.165) is 12.5 Å². The third kappa shape index (κ3) is 3.41. The number of hydrogen-bond donors (Lipinski definition) is 1. The summed E-state index contributed by atoms with van der Waals surface area (Å²) in [4.78, 5) is 2.44. The van der Waals surface area contributed by atoms with Crippen LogP contribution in [0.15, 0.2) is 12.4 Å². The summed E-state index contributed by atoms with van der Waals surface area (Å²) >= 11 is 0. The van der Waals surface area contributed by atoms with Crippen LogP contribution < -0.4 is 5.32 Å². The zero-order chi connectivity index (χ0) is 14.8. The van der Waals surface area contributed by atoms with Crippen LogP contribution in [0.2, 0.25) is 0 Å². The number of aryl methyl sites for hydroxylation is 1. The van der Waals surface area contributed by atoms with Crippen LogP contribution in [0.25, 0.3) is 0 Å². The highest BCUT2D eigenvalue weighted by Crippen LogP contribution is 2.35. The molecule has 1 N–H and O–H groups in total. The standard InChI is InChI=1S/C16H30N4/c1-13-7-6-8-16(9-13,19(3)4)12-17-14(2)15-10-18-20(5)11-15/h10-11,13-14,17H,6-9,12H2,1-5H3. The number of nitrogens with zero attached hydrogens (tertiary/aromatic N) is 3. The molecule has 20 heavy (non-hydrogen) atoms. The first kappa shape index (κ1) is 15.5. The second-order valence-corrected chi connectivity index (χ2v) is 6.87. The van der Waals surface area contributed by atoms with Crippen molar-refractivity contribution in [3.8, 4) is 0 Å². The summed E-state index contributed by atoms with van der Waals surface area (Å²) in [5.74, 6) is 0.835. The fourth-order valence-corrected chi connectivity index (χ4v) is 3.48. The molecule has 4 heteroatoms. The molecule has 1 aliphatic rings. The normalized spacial score (nSPS) is 28.8. The molecule has 1 aromatic rings. The lowest BCUT2D eigenvalue weighted by atomic mass is 9.75. The van der Waals surface area contributed by atoms with Crippen molar-refractivity contribution in [2.24, 2.45) is 13.0 Å². The van der Waals surface area contributed by atoms with Gasteiger partial charge in [-0.1, -0.05) is 19.8 Å². The average Bonchev–Trinajstić information content (AvgIpc) is 2.82. The number of rotatable bonds is 5. The zero-order valence-corrected chi connectivity index (χ0v) is 13.7. The van der Waals surface area contributed by atoms with Gasteiger partial charge in [-0.05, 0) is 39.8 Å². The Labute approximate surface area is 123 Å². The van der Waals surface area contributed by atoms with E-state index in [1.165, 1.54) is 31.2 Å². The average molecular weight is 278 g/mol. The summed E-state index contributed by atoms with van der Waals surface area (Å²) in [5.41, 5.74) is 1.58. The van der Waals surface area contributed by atoms with Crippen LogP contribution in [-0.2, 0) is 7.05 Å².